The summed E-state index contributed by atoms with van der Waals surface area (Å²) < 4.78 is 36.9. The zero-order valence-corrected chi connectivity index (χ0v) is 10.5. The monoisotopic (exact) mass is 286 g/mol. The largest absolute Gasteiger partial charge is 0.395 e. The highest BCUT2D eigenvalue weighted by Crippen LogP contribution is 2.38. The van der Waals surface area contributed by atoms with E-state index in [0.29, 0.717) is 5.92 Å². The quantitative estimate of drug-likeness (QED) is 0.908. The number of carbonyl (C=O) groups is 1. The molecule has 20 heavy (non-hydrogen) atoms. The van der Waals surface area contributed by atoms with Crippen molar-refractivity contribution in [1.82, 2.24) is 15.1 Å². The van der Waals surface area contributed by atoms with Gasteiger partial charge in [0, 0.05) is 19.0 Å². The standard InChI is InChI=1S/C12H13F3N4O/c13-12(14,15)8-5-19(6-8)11(20)16-10-4-3-9(17-18-10)7-1-2-7/h3-4,7-8H,1-2,5-6H2,(H,16,18,20). The Morgan fingerprint density at radius 3 is 2.45 bits per heavy atom. The smallest absolute Gasteiger partial charge is 0.323 e. The molecule has 2 heterocycles. The van der Waals surface area contributed by atoms with Gasteiger partial charge in [-0.3, -0.25) is 5.32 Å². The minimum Gasteiger partial charge on any atom is -0.323 e. The van der Waals surface area contributed by atoms with Crippen LogP contribution in [0.25, 0.3) is 0 Å². The molecular weight excluding hydrogens is 273 g/mol. The van der Waals surface area contributed by atoms with E-state index < -0.39 is 18.1 Å². The summed E-state index contributed by atoms with van der Waals surface area (Å²) in [5.74, 6) is -0.693. The molecule has 1 N–H and O–H groups in total. The van der Waals surface area contributed by atoms with Crippen molar-refractivity contribution in [2.75, 3.05) is 18.4 Å². The van der Waals surface area contributed by atoms with Gasteiger partial charge in [0.05, 0.1) is 11.6 Å². The van der Waals surface area contributed by atoms with E-state index in [0.717, 1.165) is 23.4 Å². The van der Waals surface area contributed by atoms with Crippen molar-refractivity contribution in [3.05, 3.63) is 17.8 Å². The first-order valence-corrected chi connectivity index (χ1v) is 6.40. The predicted molar refractivity (Wildman–Crippen MR) is 64.1 cm³/mol. The summed E-state index contributed by atoms with van der Waals surface area (Å²) in [6, 6.07) is 2.84. The van der Waals surface area contributed by atoms with Crippen LogP contribution in [0.1, 0.15) is 24.5 Å². The SMILES string of the molecule is O=C(Nc1ccc(C2CC2)nn1)N1CC(C(F)(F)F)C1. The van der Waals surface area contributed by atoms with Crippen molar-refractivity contribution in [3.8, 4) is 0 Å². The van der Waals surface area contributed by atoms with Gasteiger partial charge < -0.3 is 4.90 Å². The van der Waals surface area contributed by atoms with Crippen LogP contribution >= 0.6 is 0 Å². The molecule has 2 fully saturated rings. The highest BCUT2D eigenvalue weighted by molar-refractivity contribution is 5.88. The molecule has 5 nitrogen and oxygen atoms in total. The number of urea groups is 1. The van der Waals surface area contributed by atoms with Crippen LogP contribution in [0.15, 0.2) is 12.1 Å². The summed E-state index contributed by atoms with van der Waals surface area (Å²) in [5, 5.41) is 10.3. The molecule has 0 spiro atoms. The lowest BCUT2D eigenvalue weighted by Crippen LogP contribution is -2.56. The number of anilines is 1. The van der Waals surface area contributed by atoms with E-state index in [2.05, 4.69) is 15.5 Å². The fourth-order valence-electron chi connectivity index (χ4n) is 2.05. The van der Waals surface area contributed by atoms with Crippen LogP contribution in [0.3, 0.4) is 0 Å². The number of alkyl halides is 3. The lowest BCUT2D eigenvalue weighted by molar-refractivity contribution is -0.201. The highest BCUT2D eigenvalue weighted by atomic mass is 19.4. The molecule has 1 saturated heterocycles. The third kappa shape index (κ3) is 2.68. The lowest BCUT2D eigenvalue weighted by atomic mass is 10.0. The summed E-state index contributed by atoms with van der Waals surface area (Å²) in [7, 11) is 0. The van der Waals surface area contributed by atoms with E-state index in [1.54, 1.807) is 12.1 Å². The van der Waals surface area contributed by atoms with Gasteiger partial charge in [-0.1, -0.05) is 0 Å². The second kappa shape index (κ2) is 4.60. The van der Waals surface area contributed by atoms with E-state index in [9.17, 15) is 18.0 Å². The molecule has 0 unspecified atom stereocenters. The van der Waals surface area contributed by atoms with E-state index >= 15 is 0 Å². The van der Waals surface area contributed by atoms with Crippen molar-refractivity contribution in [1.29, 1.82) is 0 Å². The fourth-order valence-corrected chi connectivity index (χ4v) is 2.05. The van der Waals surface area contributed by atoms with Crippen LogP contribution < -0.4 is 5.32 Å². The molecule has 1 aliphatic heterocycles. The van der Waals surface area contributed by atoms with Crippen molar-refractivity contribution in [3.63, 3.8) is 0 Å². The molecule has 0 bridgehead atoms. The van der Waals surface area contributed by atoms with Crippen molar-refractivity contribution in [2.24, 2.45) is 5.92 Å². The molecule has 3 rings (SSSR count). The minimum atomic E-state index is -4.23. The zero-order chi connectivity index (χ0) is 14.3. The number of hydrogen-bond donors (Lipinski definition) is 1. The predicted octanol–water partition coefficient (Wildman–Crippen LogP) is 2.38. The van der Waals surface area contributed by atoms with E-state index in [-0.39, 0.29) is 18.9 Å². The fraction of sp³-hybridized carbons (Fsp3) is 0.583. The summed E-state index contributed by atoms with van der Waals surface area (Å²) in [6.45, 7) is -0.605. The summed E-state index contributed by atoms with van der Waals surface area (Å²) in [4.78, 5) is 12.8. The average Bonchev–Trinajstić information content (AvgIpc) is 3.09. The first-order valence-electron chi connectivity index (χ1n) is 6.40. The van der Waals surface area contributed by atoms with E-state index in [4.69, 9.17) is 0 Å². The lowest BCUT2D eigenvalue weighted by Gasteiger charge is -2.39. The van der Waals surface area contributed by atoms with Gasteiger partial charge in [0.25, 0.3) is 0 Å². The van der Waals surface area contributed by atoms with E-state index in [1.165, 1.54) is 0 Å². The average molecular weight is 286 g/mol. The van der Waals surface area contributed by atoms with Crippen molar-refractivity contribution in [2.45, 2.75) is 24.9 Å². The summed E-state index contributed by atoms with van der Waals surface area (Å²) >= 11 is 0. The topological polar surface area (TPSA) is 58.1 Å². The number of nitrogens with zero attached hydrogens (tertiary/aromatic N) is 3. The Labute approximate surface area is 113 Å². The molecule has 108 valence electrons. The molecule has 0 atom stereocenters. The van der Waals surface area contributed by atoms with Gasteiger partial charge in [-0.2, -0.15) is 18.3 Å². The maximum absolute atomic E-state index is 12.3. The highest BCUT2D eigenvalue weighted by Gasteiger charge is 2.48. The Kier molecular flexibility index (Phi) is 3.02. The molecule has 8 heteroatoms. The molecule has 1 saturated carbocycles. The van der Waals surface area contributed by atoms with Crippen LogP contribution in [-0.2, 0) is 0 Å². The van der Waals surface area contributed by atoms with Crippen LogP contribution in [-0.4, -0.2) is 40.4 Å². The first-order chi connectivity index (χ1) is 9.43. The van der Waals surface area contributed by atoms with Crippen molar-refractivity contribution < 1.29 is 18.0 Å². The number of nitrogens with one attached hydrogen (secondary N) is 1. The maximum atomic E-state index is 12.3. The maximum Gasteiger partial charge on any atom is 0.395 e. The summed E-state index contributed by atoms with van der Waals surface area (Å²) in [5.41, 5.74) is 0.893. The normalized spacial score (nSPS) is 19.6. The van der Waals surface area contributed by atoms with Gasteiger partial charge in [-0.15, -0.1) is 5.10 Å². The van der Waals surface area contributed by atoms with Gasteiger partial charge >= 0.3 is 12.2 Å². The second-order valence-electron chi connectivity index (χ2n) is 5.19. The number of halogens is 3. The first kappa shape index (κ1) is 13.1. The zero-order valence-electron chi connectivity index (χ0n) is 10.5. The van der Waals surface area contributed by atoms with Gasteiger partial charge in [-0.05, 0) is 25.0 Å². The van der Waals surface area contributed by atoms with Crippen LogP contribution in [0, 0.1) is 5.92 Å². The molecule has 0 radical (unpaired) electrons. The minimum absolute atomic E-state index is 0.259. The van der Waals surface area contributed by atoms with Gasteiger partial charge in [0.2, 0.25) is 0 Å². The van der Waals surface area contributed by atoms with E-state index in [1.807, 2.05) is 0 Å². The molecule has 1 aromatic rings. The molecular formula is C12H13F3N4O. The number of amides is 2. The Bertz CT molecular complexity index is 506. The molecule has 1 aliphatic carbocycles. The Balaban J connectivity index is 1.52. The van der Waals surface area contributed by atoms with Gasteiger partial charge in [-0.25, -0.2) is 4.79 Å². The number of aromatic nitrogens is 2. The van der Waals surface area contributed by atoms with Crippen LogP contribution in [0.2, 0.25) is 0 Å². The van der Waals surface area contributed by atoms with Crippen LogP contribution in [0.5, 0.6) is 0 Å². The molecule has 2 amide bonds. The van der Waals surface area contributed by atoms with Gasteiger partial charge in [0.15, 0.2) is 5.82 Å². The van der Waals surface area contributed by atoms with Crippen molar-refractivity contribution >= 4 is 11.8 Å². The molecule has 0 aromatic carbocycles. The third-order valence-electron chi connectivity index (χ3n) is 3.55. The Hall–Kier alpha value is -1.86. The number of likely N-dealkylation sites (tertiary alicyclic amines) is 1. The van der Waals surface area contributed by atoms with Gasteiger partial charge in [0.1, 0.15) is 0 Å². The number of carbonyl (C=O) groups excluding carboxylic acids is 1. The number of rotatable bonds is 2. The molecule has 1 aromatic heterocycles. The Morgan fingerprint density at radius 1 is 1.25 bits per heavy atom. The summed E-state index contributed by atoms with van der Waals surface area (Å²) in [6.07, 6.45) is -2.03. The Morgan fingerprint density at radius 2 is 1.95 bits per heavy atom. The second-order valence-corrected chi connectivity index (χ2v) is 5.19. The third-order valence-corrected chi connectivity index (χ3v) is 3.55. The van der Waals surface area contributed by atoms with Crippen LogP contribution in [0.4, 0.5) is 23.8 Å². The number of hydrogen-bond acceptors (Lipinski definition) is 3. The molecule has 2 aliphatic rings.